The van der Waals surface area contributed by atoms with Crippen molar-refractivity contribution in [1.29, 1.82) is 0 Å². The van der Waals surface area contributed by atoms with Crippen molar-refractivity contribution in [3.63, 3.8) is 0 Å². The van der Waals surface area contributed by atoms with Crippen LogP contribution in [0, 0.1) is 11.8 Å². The van der Waals surface area contributed by atoms with Gasteiger partial charge in [0, 0.05) is 18.1 Å². The predicted octanol–water partition coefficient (Wildman–Crippen LogP) is 3.67. The first kappa shape index (κ1) is 15.3. The van der Waals surface area contributed by atoms with Gasteiger partial charge in [0.05, 0.1) is 0 Å². The van der Waals surface area contributed by atoms with Crippen molar-refractivity contribution < 1.29 is 0 Å². The van der Waals surface area contributed by atoms with Crippen molar-refractivity contribution in [3.8, 4) is 0 Å². The summed E-state index contributed by atoms with van der Waals surface area (Å²) in [5.41, 5.74) is 0.476. The Labute approximate surface area is 120 Å². The minimum Gasteiger partial charge on any atom is -0.312 e. The molecule has 0 aromatic carbocycles. The van der Waals surface area contributed by atoms with Gasteiger partial charge in [-0.25, -0.2) is 0 Å². The van der Waals surface area contributed by atoms with Crippen LogP contribution in [0.3, 0.4) is 0 Å². The molecule has 0 aromatic rings. The zero-order valence-electron chi connectivity index (χ0n) is 13.5. The molecule has 2 atom stereocenters. The number of hydrogen-bond donors (Lipinski definition) is 1. The molecule has 2 fully saturated rings. The zero-order valence-corrected chi connectivity index (χ0v) is 13.5. The summed E-state index contributed by atoms with van der Waals surface area (Å²) in [6, 6.07) is 0.779. The van der Waals surface area contributed by atoms with Crippen LogP contribution in [0.1, 0.15) is 65.2 Å². The van der Waals surface area contributed by atoms with Crippen LogP contribution in [0.4, 0.5) is 0 Å². The molecule has 2 saturated carbocycles. The molecule has 1 N–H and O–H groups in total. The van der Waals surface area contributed by atoms with E-state index in [2.05, 4.69) is 38.2 Å². The Morgan fingerprint density at radius 1 is 1.05 bits per heavy atom. The number of hydrogen-bond acceptors (Lipinski definition) is 2. The molecule has 19 heavy (non-hydrogen) atoms. The Morgan fingerprint density at radius 2 is 1.79 bits per heavy atom. The van der Waals surface area contributed by atoms with Gasteiger partial charge in [0.15, 0.2) is 0 Å². The second-order valence-electron chi connectivity index (χ2n) is 7.56. The lowest BCUT2D eigenvalue weighted by atomic mass is 9.75. The van der Waals surface area contributed by atoms with Crippen LogP contribution in [0.25, 0.3) is 0 Å². The largest absolute Gasteiger partial charge is 0.312 e. The van der Waals surface area contributed by atoms with E-state index in [1.807, 2.05) is 0 Å². The van der Waals surface area contributed by atoms with Gasteiger partial charge < -0.3 is 10.2 Å². The van der Waals surface area contributed by atoms with Crippen molar-refractivity contribution >= 4 is 0 Å². The predicted molar refractivity (Wildman–Crippen MR) is 83.5 cm³/mol. The summed E-state index contributed by atoms with van der Waals surface area (Å²) in [5.74, 6) is 1.84. The molecule has 0 aromatic heterocycles. The molecule has 2 aliphatic carbocycles. The third-order valence-corrected chi connectivity index (χ3v) is 5.91. The van der Waals surface area contributed by atoms with E-state index in [-0.39, 0.29) is 0 Å². The van der Waals surface area contributed by atoms with Crippen molar-refractivity contribution in [2.75, 3.05) is 20.6 Å². The van der Waals surface area contributed by atoms with E-state index < -0.39 is 0 Å². The van der Waals surface area contributed by atoms with Gasteiger partial charge in [0.25, 0.3) is 0 Å². The van der Waals surface area contributed by atoms with Crippen molar-refractivity contribution in [2.45, 2.75) is 76.8 Å². The molecular weight excluding hydrogens is 232 g/mol. The smallest absolute Gasteiger partial charge is 0.0328 e. The lowest BCUT2D eigenvalue weighted by molar-refractivity contribution is 0.0564. The molecule has 2 nitrogen and oxygen atoms in total. The normalized spacial score (nSPS) is 31.3. The van der Waals surface area contributed by atoms with Gasteiger partial charge in [-0.3, -0.25) is 0 Å². The maximum absolute atomic E-state index is 3.90. The molecule has 112 valence electrons. The number of likely N-dealkylation sites (N-methyl/N-ethyl adjacent to an activating group) is 1. The lowest BCUT2D eigenvalue weighted by Gasteiger charge is -2.48. The van der Waals surface area contributed by atoms with Crippen molar-refractivity contribution in [2.24, 2.45) is 11.8 Å². The van der Waals surface area contributed by atoms with Gasteiger partial charge in [-0.1, -0.05) is 26.7 Å². The highest BCUT2D eigenvalue weighted by Gasteiger charge is 2.39. The van der Waals surface area contributed by atoms with Crippen LogP contribution in [-0.2, 0) is 0 Å². The number of nitrogens with zero attached hydrogens (tertiary/aromatic N) is 1. The van der Waals surface area contributed by atoms with Gasteiger partial charge in [-0.15, -0.1) is 0 Å². The van der Waals surface area contributed by atoms with Crippen LogP contribution in [0.2, 0.25) is 0 Å². The van der Waals surface area contributed by atoms with E-state index in [1.54, 1.807) is 0 Å². The zero-order chi connectivity index (χ0) is 13.9. The summed E-state index contributed by atoms with van der Waals surface area (Å²) in [4.78, 5) is 2.46. The van der Waals surface area contributed by atoms with E-state index in [4.69, 9.17) is 0 Å². The molecule has 2 heteroatoms. The highest BCUT2D eigenvalue weighted by Crippen LogP contribution is 2.36. The van der Waals surface area contributed by atoms with Gasteiger partial charge in [-0.05, 0) is 64.5 Å². The van der Waals surface area contributed by atoms with Gasteiger partial charge >= 0.3 is 0 Å². The second-order valence-corrected chi connectivity index (χ2v) is 7.56. The average molecular weight is 266 g/mol. The summed E-state index contributed by atoms with van der Waals surface area (Å²) in [5, 5.41) is 3.90. The second kappa shape index (κ2) is 6.58. The molecule has 2 aliphatic rings. The van der Waals surface area contributed by atoms with Crippen molar-refractivity contribution in [1.82, 2.24) is 10.2 Å². The Hall–Kier alpha value is -0.0800. The molecule has 0 aliphatic heterocycles. The molecule has 0 amide bonds. The Balaban J connectivity index is 1.77. The highest BCUT2D eigenvalue weighted by atomic mass is 15.2. The first-order valence-corrected chi connectivity index (χ1v) is 8.44. The van der Waals surface area contributed by atoms with Crippen LogP contribution in [0.5, 0.6) is 0 Å². The summed E-state index contributed by atoms with van der Waals surface area (Å²) in [6.07, 6.45) is 11.3. The standard InChI is InChI=1S/C17H34N2/c1-14(2)15-7-5-8-16(10-9-15)18-13-17(19(3)4)11-6-12-17/h14-16,18H,5-13H2,1-4H3. The summed E-state index contributed by atoms with van der Waals surface area (Å²) in [7, 11) is 4.51. The fourth-order valence-electron chi connectivity index (χ4n) is 3.90. The highest BCUT2D eigenvalue weighted by molar-refractivity contribution is 4.98. The number of rotatable bonds is 5. The van der Waals surface area contributed by atoms with Gasteiger partial charge in [0.2, 0.25) is 0 Å². The van der Waals surface area contributed by atoms with E-state index in [1.165, 1.54) is 57.9 Å². The monoisotopic (exact) mass is 266 g/mol. The molecule has 0 heterocycles. The van der Waals surface area contributed by atoms with Gasteiger partial charge in [0.1, 0.15) is 0 Å². The fourth-order valence-corrected chi connectivity index (χ4v) is 3.90. The van der Waals surface area contributed by atoms with Crippen LogP contribution >= 0.6 is 0 Å². The average Bonchev–Trinajstić information content (AvgIpc) is 2.52. The quantitative estimate of drug-likeness (QED) is 0.764. The van der Waals surface area contributed by atoms with Gasteiger partial charge in [-0.2, -0.15) is 0 Å². The van der Waals surface area contributed by atoms with Crippen LogP contribution < -0.4 is 5.32 Å². The first-order chi connectivity index (χ1) is 9.03. The molecule has 0 saturated heterocycles. The number of nitrogens with one attached hydrogen (secondary N) is 1. The first-order valence-electron chi connectivity index (χ1n) is 8.44. The third-order valence-electron chi connectivity index (χ3n) is 5.91. The molecule has 2 rings (SSSR count). The van der Waals surface area contributed by atoms with E-state index in [0.29, 0.717) is 5.54 Å². The van der Waals surface area contributed by atoms with E-state index in [9.17, 15) is 0 Å². The Kier molecular flexibility index (Phi) is 5.30. The minimum atomic E-state index is 0.476. The SMILES string of the molecule is CC(C)C1CCCC(NCC2(N(C)C)CCC2)CC1. The van der Waals surface area contributed by atoms with Crippen LogP contribution in [-0.4, -0.2) is 37.1 Å². The summed E-state index contributed by atoms with van der Waals surface area (Å²) < 4.78 is 0. The molecule has 0 spiro atoms. The minimum absolute atomic E-state index is 0.476. The topological polar surface area (TPSA) is 15.3 Å². The Morgan fingerprint density at radius 3 is 2.32 bits per heavy atom. The molecule has 0 bridgehead atoms. The summed E-state index contributed by atoms with van der Waals surface area (Å²) in [6.45, 7) is 6.00. The molecule has 2 unspecified atom stereocenters. The maximum atomic E-state index is 3.90. The van der Waals surface area contributed by atoms with E-state index >= 15 is 0 Å². The Bertz CT molecular complexity index is 268. The third kappa shape index (κ3) is 3.72. The van der Waals surface area contributed by atoms with E-state index in [0.717, 1.165) is 17.9 Å². The summed E-state index contributed by atoms with van der Waals surface area (Å²) >= 11 is 0. The maximum Gasteiger partial charge on any atom is 0.0328 e. The fraction of sp³-hybridized carbons (Fsp3) is 1.00. The lowest BCUT2D eigenvalue weighted by Crippen LogP contribution is -2.57. The van der Waals surface area contributed by atoms with Crippen LogP contribution in [0.15, 0.2) is 0 Å². The molecule has 0 radical (unpaired) electrons. The van der Waals surface area contributed by atoms with Crippen molar-refractivity contribution in [3.05, 3.63) is 0 Å². The molecular formula is C17H34N2.